The Balaban J connectivity index is 1.67. The smallest absolute Gasteiger partial charge is 0.314 e. The third kappa shape index (κ3) is 7.28. The van der Waals surface area contributed by atoms with Gasteiger partial charge in [-0.05, 0) is 48.4 Å². The van der Waals surface area contributed by atoms with Gasteiger partial charge in [0.1, 0.15) is 12.6 Å². The van der Waals surface area contributed by atoms with E-state index in [4.69, 9.17) is 26.8 Å². The van der Waals surface area contributed by atoms with E-state index < -0.39 is 0 Å². The molecular weight excluding hydrogens is 436 g/mol. The topological polar surface area (TPSA) is 61.6 Å². The molecule has 1 aliphatic rings. The van der Waals surface area contributed by atoms with Crippen LogP contribution in [0.1, 0.15) is 50.3 Å². The number of hydrogen-bond donors (Lipinski definition) is 1. The van der Waals surface area contributed by atoms with Crippen LogP contribution in [0, 0.1) is 11.8 Å². The minimum atomic E-state index is -0.251. The number of ether oxygens (including phenoxy) is 2. The lowest BCUT2D eigenvalue weighted by molar-refractivity contribution is -0.948. The van der Waals surface area contributed by atoms with Gasteiger partial charge in [0.15, 0.2) is 0 Å². The van der Waals surface area contributed by atoms with E-state index in [0.717, 1.165) is 48.1 Å². The molecule has 5 nitrogen and oxygen atoms in total. The first kappa shape index (κ1) is 25.7. The molecule has 2 atom stereocenters. The number of nitrogens with two attached hydrogens (primary N) is 1. The molecule has 0 bridgehead atoms. The molecule has 2 aromatic rings. The molecule has 0 amide bonds. The molecule has 1 aliphatic heterocycles. The zero-order valence-electron chi connectivity index (χ0n) is 19.9. The van der Waals surface area contributed by atoms with Gasteiger partial charge in [-0.2, -0.15) is 0 Å². The van der Waals surface area contributed by atoms with Crippen LogP contribution in [0.4, 0.5) is 0 Å². The van der Waals surface area contributed by atoms with Crippen molar-refractivity contribution in [3.8, 4) is 0 Å². The molecule has 0 spiro atoms. The van der Waals surface area contributed by atoms with Crippen LogP contribution in [0.25, 0.3) is 0 Å². The second-order valence-electron chi connectivity index (χ2n) is 9.46. The van der Waals surface area contributed by atoms with Gasteiger partial charge in [0, 0.05) is 11.6 Å². The third-order valence-corrected chi connectivity index (χ3v) is 6.98. The van der Waals surface area contributed by atoms with Crippen molar-refractivity contribution >= 4 is 17.6 Å². The number of carbonyl (C=O) groups is 1. The van der Waals surface area contributed by atoms with Crippen LogP contribution in [0.15, 0.2) is 54.6 Å². The summed E-state index contributed by atoms with van der Waals surface area (Å²) in [5.74, 6) is -0.259. The van der Waals surface area contributed by atoms with Gasteiger partial charge in [0.25, 0.3) is 0 Å². The lowest BCUT2D eigenvalue weighted by Crippen LogP contribution is -2.55. The molecule has 0 saturated carbocycles. The largest absolute Gasteiger partial charge is 0.415 e. The van der Waals surface area contributed by atoms with Crippen molar-refractivity contribution in [2.24, 2.45) is 17.6 Å². The second-order valence-corrected chi connectivity index (χ2v) is 9.90. The van der Waals surface area contributed by atoms with E-state index in [2.05, 4.69) is 12.1 Å². The minimum Gasteiger partial charge on any atom is -0.415 e. The van der Waals surface area contributed by atoms with Crippen LogP contribution >= 0.6 is 11.6 Å². The van der Waals surface area contributed by atoms with Gasteiger partial charge < -0.3 is 15.2 Å². The van der Waals surface area contributed by atoms with E-state index in [1.807, 2.05) is 56.3 Å². The number of hydrogen-bond acceptors (Lipinski definition) is 4. The molecular formula is C27H38ClN2O3+. The van der Waals surface area contributed by atoms with E-state index >= 15 is 0 Å². The van der Waals surface area contributed by atoms with Crippen LogP contribution in [0.2, 0.25) is 5.02 Å². The molecule has 2 unspecified atom stereocenters. The zero-order valence-corrected chi connectivity index (χ0v) is 20.7. The Morgan fingerprint density at radius 3 is 2.24 bits per heavy atom. The molecule has 0 aromatic heterocycles. The van der Waals surface area contributed by atoms with Crippen molar-refractivity contribution in [2.45, 2.75) is 39.2 Å². The highest BCUT2D eigenvalue weighted by Gasteiger charge is 2.33. The Labute approximate surface area is 203 Å². The Hall–Kier alpha value is -1.92. The number of benzene rings is 2. The van der Waals surface area contributed by atoms with E-state index in [-0.39, 0.29) is 23.9 Å². The van der Waals surface area contributed by atoms with E-state index in [1.54, 1.807) is 0 Å². The maximum absolute atomic E-state index is 12.6. The highest BCUT2D eigenvalue weighted by molar-refractivity contribution is 6.30. The average molecular weight is 474 g/mol. The third-order valence-electron chi connectivity index (χ3n) is 6.73. The average Bonchev–Trinajstić information content (AvgIpc) is 2.83. The van der Waals surface area contributed by atoms with Gasteiger partial charge >= 0.3 is 5.97 Å². The fraction of sp³-hybridized carbons (Fsp3) is 0.519. The highest BCUT2D eigenvalue weighted by Crippen LogP contribution is 2.28. The number of halogens is 1. The molecule has 1 saturated heterocycles. The number of piperidine rings is 1. The number of nitrogens with zero attached hydrogens (tertiary/aromatic N) is 1. The summed E-state index contributed by atoms with van der Waals surface area (Å²) < 4.78 is 13.1. The van der Waals surface area contributed by atoms with Crippen LogP contribution in [-0.2, 0) is 14.3 Å². The first-order valence-corrected chi connectivity index (χ1v) is 12.5. The van der Waals surface area contributed by atoms with Crippen molar-refractivity contribution < 1.29 is 18.8 Å². The quantitative estimate of drug-likeness (QED) is 0.361. The van der Waals surface area contributed by atoms with Gasteiger partial charge in [-0.3, -0.25) is 9.28 Å². The summed E-state index contributed by atoms with van der Waals surface area (Å²) in [6.07, 6.45) is 3.34. The van der Waals surface area contributed by atoms with Crippen molar-refractivity contribution in [1.82, 2.24) is 0 Å². The summed E-state index contributed by atoms with van der Waals surface area (Å²) in [5.41, 5.74) is 8.00. The van der Waals surface area contributed by atoms with Gasteiger partial charge in [-0.25, -0.2) is 0 Å². The zero-order chi connectivity index (χ0) is 23.7. The molecule has 6 heteroatoms. The van der Waals surface area contributed by atoms with Crippen molar-refractivity contribution in [1.29, 1.82) is 0 Å². The Bertz CT molecular complexity index is 851. The maximum atomic E-state index is 12.6. The Kier molecular flexibility index (Phi) is 9.75. The van der Waals surface area contributed by atoms with Gasteiger partial charge in [0.2, 0.25) is 6.73 Å². The fourth-order valence-corrected chi connectivity index (χ4v) is 4.69. The number of esters is 1. The molecule has 3 rings (SSSR count). The van der Waals surface area contributed by atoms with Crippen LogP contribution in [0.3, 0.4) is 0 Å². The fourth-order valence-electron chi connectivity index (χ4n) is 4.56. The number of rotatable bonds is 11. The van der Waals surface area contributed by atoms with Gasteiger partial charge in [0.05, 0.1) is 25.6 Å². The Morgan fingerprint density at radius 1 is 1.00 bits per heavy atom. The SMILES string of the molecule is CC(C)C(CN)C(=O)OC[N+]1(CCOC(c2ccccc2)c2ccc(Cl)cc2)CCCCC1. The monoisotopic (exact) mass is 473 g/mol. The summed E-state index contributed by atoms with van der Waals surface area (Å²) in [7, 11) is 0. The normalized spacial score (nSPS) is 17.5. The predicted octanol–water partition coefficient (Wildman–Crippen LogP) is 5.18. The Morgan fingerprint density at radius 2 is 1.64 bits per heavy atom. The maximum Gasteiger partial charge on any atom is 0.314 e. The first-order chi connectivity index (χ1) is 15.9. The molecule has 2 aromatic carbocycles. The summed E-state index contributed by atoms with van der Waals surface area (Å²) in [6.45, 7) is 8.12. The summed E-state index contributed by atoms with van der Waals surface area (Å²) >= 11 is 6.11. The molecule has 0 radical (unpaired) electrons. The van der Waals surface area contributed by atoms with Gasteiger partial charge in [-0.1, -0.05) is 67.9 Å². The predicted molar refractivity (Wildman–Crippen MR) is 133 cm³/mol. The number of carbonyl (C=O) groups excluding carboxylic acids is 1. The molecule has 33 heavy (non-hydrogen) atoms. The molecule has 2 N–H and O–H groups in total. The first-order valence-electron chi connectivity index (χ1n) is 12.1. The van der Waals surface area contributed by atoms with E-state index in [9.17, 15) is 4.79 Å². The number of likely N-dealkylation sites (tertiary alicyclic amines) is 1. The highest BCUT2D eigenvalue weighted by atomic mass is 35.5. The molecule has 1 heterocycles. The summed E-state index contributed by atoms with van der Waals surface area (Å²) in [5, 5.41) is 0.711. The van der Waals surface area contributed by atoms with Crippen molar-refractivity contribution in [3.05, 3.63) is 70.7 Å². The van der Waals surface area contributed by atoms with E-state index in [0.29, 0.717) is 24.9 Å². The van der Waals surface area contributed by atoms with Crippen LogP contribution < -0.4 is 5.73 Å². The standard InChI is InChI=1S/C27H38ClN2O3/c1-21(2)25(19-29)27(31)33-20-30(15-7-4-8-16-30)17-18-32-26(22-9-5-3-6-10-22)23-11-13-24(28)14-12-23/h3,5-6,9-14,21,25-26H,4,7-8,15-20,29H2,1-2H3/q+1. The van der Waals surface area contributed by atoms with Crippen molar-refractivity contribution in [2.75, 3.05) is 39.5 Å². The van der Waals surface area contributed by atoms with Gasteiger partial charge in [-0.15, -0.1) is 0 Å². The molecule has 1 fully saturated rings. The second kappa shape index (κ2) is 12.5. The van der Waals surface area contributed by atoms with Crippen LogP contribution in [-0.4, -0.2) is 50.0 Å². The molecule has 0 aliphatic carbocycles. The van der Waals surface area contributed by atoms with Crippen LogP contribution in [0.5, 0.6) is 0 Å². The minimum absolute atomic E-state index is 0.168. The van der Waals surface area contributed by atoms with Crippen molar-refractivity contribution in [3.63, 3.8) is 0 Å². The summed E-state index contributed by atoms with van der Waals surface area (Å²) in [6, 6.07) is 18.1. The lowest BCUT2D eigenvalue weighted by atomic mass is 9.96. The lowest BCUT2D eigenvalue weighted by Gasteiger charge is -2.41. The summed E-state index contributed by atoms with van der Waals surface area (Å²) in [4.78, 5) is 12.6. The number of quaternary nitrogens is 1. The molecule has 180 valence electrons. The van der Waals surface area contributed by atoms with E-state index in [1.165, 1.54) is 6.42 Å².